The number of aromatic nitrogens is 2. The largest absolute Gasteiger partial charge is 0.354 e. The lowest BCUT2D eigenvalue weighted by molar-refractivity contribution is -0.140. The molecule has 0 spiro atoms. The maximum Gasteiger partial charge on any atom is 0.227 e. The molecule has 1 unspecified atom stereocenters. The zero-order chi connectivity index (χ0) is 23.2. The second-order valence-electron chi connectivity index (χ2n) is 10.9. The van der Waals surface area contributed by atoms with E-state index < -0.39 is 0 Å². The van der Waals surface area contributed by atoms with Gasteiger partial charge in [-0.05, 0) is 68.0 Å². The smallest absolute Gasteiger partial charge is 0.227 e. The van der Waals surface area contributed by atoms with Crippen molar-refractivity contribution in [2.24, 2.45) is 5.41 Å². The Morgan fingerprint density at radius 3 is 2.44 bits per heavy atom. The van der Waals surface area contributed by atoms with Gasteiger partial charge in [-0.25, -0.2) is 0 Å². The highest BCUT2D eigenvalue weighted by atomic mass is 16.2. The summed E-state index contributed by atoms with van der Waals surface area (Å²) in [7, 11) is 0. The Hall–Kier alpha value is -2.62. The first-order chi connectivity index (χ1) is 15.0. The van der Waals surface area contributed by atoms with Crippen LogP contribution in [0.25, 0.3) is 22.2 Å². The van der Waals surface area contributed by atoms with Gasteiger partial charge < -0.3 is 9.88 Å². The number of pyridine rings is 1. The Labute approximate surface area is 192 Å². The zero-order valence-electron chi connectivity index (χ0n) is 20.7. The van der Waals surface area contributed by atoms with Crippen LogP contribution in [-0.2, 0) is 4.79 Å². The molecule has 0 bridgehead atoms. The third-order valence-electron chi connectivity index (χ3n) is 6.63. The van der Waals surface area contributed by atoms with Crippen LogP contribution in [0.4, 0.5) is 0 Å². The fraction of sp³-hybridized carbons (Fsp3) is 0.500. The predicted octanol–water partition coefficient (Wildman–Crippen LogP) is 6.72. The van der Waals surface area contributed by atoms with Crippen LogP contribution in [0.1, 0.15) is 81.8 Å². The molecule has 1 fully saturated rings. The van der Waals surface area contributed by atoms with Crippen molar-refractivity contribution in [2.45, 2.75) is 73.1 Å². The SMILES string of the molecule is Cc1cc(-c2[nH]c3ccc(C4CCCN(C(=O)C(C)(C)C)C4)cc3c2C(C)C)cc(C)n1. The second kappa shape index (κ2) is 8.38. The molecule has 32 heavy (non-hydrogen) atoms. The molecule has 1 atom stereocenters. The number of carbonyl (C=O) groups excluding carboxylic acids is 1. The molecule has 1 aromatic carbocycles. The minimum Gasteiger partial charge on any atom is -0.354 e. The van der Waals surface area contributed by atoms with E-state index in [1.807, 2.05) is 20.8 Å². The van der Waals surface area contributed by atoms with Gasteiger partial charge in [0.15, 0.2) is 0 Å². The summed E-state index contributed by atoms with van der Waals surface area (Å²) in [5.74, 6) is 1.05. The summed E-state index contributed by atoms with van der Waals surface area (Å²) < 4.78 is 0. The Balaban J connectivity index is 1.74. The number of rotatable bonds is 3. The summed E-state index contributed by atoms with van der Waals surface area (Å²) in [6.07, 6.45) is 2.20. The lowest BCUT2D eigenvalue weighted by atomic mass is 9.86. The number of H-pyrrole nitrogens is 1. The molecule has 0 aliphatic carbocycles. The van der Waals surface area contributed by atoms with E-state index >= 15 is 0 Å². The summed E-state index contributed by atoms with van der Waals surface area (Å²) in [4.78, 5) is 23.2. The van der Waals surface area contributed by atoms with Gasteiger partial charge in [0.05, 0.1) is 5.69 Å². The van der Waals surface area contributed by atoms with E-state index in [1.165, 1.54) is 33.3 Å². The van der Waals surface area contributed by atoms with Crippen molar-refractivity contribution < 1.29 is 4.79 Å². The van der Waals surface area contributed by atoms with E-state index in [4.69, 9.17) is 0 Å². The fourth-order valence-electron chi connectivity index (χ4n) is 5.20. The molecule has 0 radical (unpaired) electrons. The van der Waals surface area contributed by atoms with E-state index in [0.29, 0.717) is 11.8 Å². The standard InChI is InChI=1S/C28H37N3O/c1-17(2)25-23-15-20(21-9-8-12-31(16-21)27(32)28(5,6)7)10-11-24(23)30-26(25)22-13-18(3)29-19(4)14-22/h10-11,13-15,17,21,30H,8-9,12,16H2,1-7H3. The first kappa shape index (κ1) is 22.6. The summed E-state index contributed by atoms with van der Waals surface area (Å²) in [6, 6.07) is 11.2. The minimum absolute atomic E-state index is 0.263. The Kier molecular flexibility index (Phi) is 5.91. The molecule has 1 aliphatic heterocycles. The lowest BCUT2D eigenvalue weighted by Gasteiger charge is -2.36. The number of nitrogens with one attached hydrogen (secondary N) is 1. The number of nitrogens with zero attached hydrogens (tertiary/aromatic N) is 2. The van der Waals surface area contributed by atoms with Crippen LogP contribution in [0.5, 0.6) is 0 Å². The van der Waals surface area contributed by atoms with Crippen LogP contribution in [0.2, 0.25) is 0 Å². The molecule has 2 aromatic heterocycles. The molecule has 1 saturated heterocycles. The topological polar surface area (TPSA) is 49.0 Å². The van der Waals surface area contributed by atoms with Gasteiger partial charge in [-0.2, -0.15) is 0 Å². The van der Waals surface area contributed by atoms with E-state index in [2.05, 4.69) is 72.9 Å². The summed E-state index contributed by atoms with van der Waals surface area (Å²) in [6.45, 7) is 16.4. The monoisotopic (exact) mass is 431 g/mol. The van der Waals surface area contributed by atoms with Gasteiger partial charge >= 0.3 is 0 Å². The van der Waals surface area contributed by atoms with E-state index in [1.54, 1.807) is 0 Å². The van der Waals surface area contributed by atoms with Crippen molar-refractivity contribution >= 4 is 16.8 Å². The number of piperidine rings is 1. The molecular weight excluding hydrogens is 394 g/mol. The number of likely N-dealkylation sites (tertiary alicyclic amines) is 1. The van der Waals surface area contributed by atoms with Gasteiger partial charge in [-0.3, -0.25) is 9.78 Å². The molecule has 3 heterocycles. The van der Waals surface area contributed by atoms with Crippen LogP contribution in [0.3, 0.4) is 0 Å². The molecule has 1 amide bonds. The molecule has 1 aliphatic rings. The van der Waals surface area contributed by atoms with Crippen molar-refractivity contribution in [1.82, 2.24) is 14.9 Å². The normalized spacial score (nSPS) is 17.4. The maximum atomic E-state index is 12.9. The second-order valence-corrected chi connectivity index (χ2v) is 10.9. The quantitative estimate of drug-likeness (QED) is 0.500. The highest BCUT2D eigenvalue weighted by molar-refractivity contribution is 5.92. The van der Waals surface area contributed by atoms with E-state index in [0.717, 1.165) is 37.3 Å². The fourth-order valence-corrected chi connectivity index (χ4v) is 5.20. The van der Waals surface area contributed by atoms with Gasteiger partial charge in [-0.15, -0.1) is 0 Å². The molecule has 1 N–H and O–H groups in total. The first-order valence-electron chi connectivity index (χ1n) is 11.9. The van der Waals surface area contributed by atoms with E-state index in [9.17, 15) is 4.79 Å². The van der Waals surface area contributed by atoms with Crippen molar-refractivity contribution in [1.29, 1.82) is 0 Å². The maximum absolute atomic E-state index is 12.9. The molecular formula is C28H37N3O. The molecule has 4 heteroatoms. The van der Waals surface area contributed by atoms with Crippen molar-refractivity contribution in [2.75, 3.05) is 13.1 Å². The van der Waals surface area contributed by atoms with Gasteiger partial charge in [0.2, 0.25) is 5.91 Å². The lowest BCUT2D eigenvalue weighted by Crippen LogP contribution is -2.44. The molecule has 4 rings (SSSR count). The summed E-state index contributed by atoms with van der Waals surface area (Å²) in [5, 5.41) is 1.30. The van der Waals surface area contributed by atoms with Crippen LogP contribution in [0.15, 0.2) is 30.3 Å². The Morgan fingerprint density at radius 1 is 1.12 bits per heavy atom. The van der Waals surface area contributed by atoms with Crippen LogP contribution < -0.4 is 0 Å². The number of fused-ring (bicyclic) bond motifs is 1. The average Bonchev–Trinajstić information content (AvgIpc) is 3.11. The number of hydrogen-bond acceptors (Lipinski definition) is 2. The average molecular weight is 432 g/mol. The Bertz CT molecular complexity index is 1130. The third-order valence-corrected chi connectivity index (χ3v) is 6.63. The van der Waals surface area contributed by atoms with E-state index in [-0.39, 0.29) is 11.3 Å². The van der Waals surface area contributed by atoms with Gasteiger partial charge in [0.25, 0.3) is 0 Å². The van der Waals surface area contributed by atoms with Gasteiger partial charge in [0.1, 0.15) is 0 Å². The number of hydrogen-bond donors (Lipinski definition) is 1. The first-order valence-corrected chi connectivity index (χ1v) is 11.9. The van der Waals surface area contributed by atoms with Crippen LogP contribution in [-0.4, -0.2) is 33.9 Å². The predicted molar refractivity (Wildman–Crippen MR) is 133 cm³/mol. The molecule has 3 aromatic rings. The highest BCUT2D eigenvalue weighted by Gasteiger charge is 2.31. The zero-order valence-corrected chi connectivity index (χ0v) is 20.7. The van der Waals surface area contributed by atoms with Crippen molar-refractivity contribution in [3.63, 3.8) is 0 Å². The van der Waals surface area contributed by atoms with Crippen molar-refractivity contribution in [3.8, 4) is 11.3 Å². The number of carbonyl (C=O) groups is 1. The molecule has 0 saturated carbocycles. The van der Waals surface area contributed by atoms with Crippen LogP contribution in [0, 0.1) is 19.3 Å². The van der Waals surface area contributed by atoms with Gasteiger partial charge in [-0.1, -0.05) is 40.7 Å². The molecule has 4 nitrogen and oxygen atoms in total. The molecule has 170 valence electrons. The Morgan fingerprint density at radius 2 is 1.81 bits per heavy atom. The summed E-state index contributed by atoms with van der Waals surface area (Å²) >= 11 is 0. The number of aromatic amines is 1. The van der Waals surface area contributed by atoms with Crippen molar-refractivity contribution in [3.05, 3.63) is 52.8 Å². The number of amides is 1. The highest BCUT2D eigenvalue weighted by Crippen LogP contribution is 2.38. The number of aryl methyl sites for hydroxylation is 2. The number of benzene rings is 1. The van der Waals surface area contributed by atoms with Crippen LogP contribution >= 0.6 is 0 Å². The minimum atomic E-state index is -0.326. The third kappa shape index (κ3) is 4.32. The summed E-state index contributed by atoms with van der Waals surface area (Å²) in [5.41, 5.74) is 8.05. The van der Waals surface area contributed by atoms with Gasteiger partial charge in [0, 0.05) is 52.3 Å².